The number of nitrogens with zero attached hydrogens (tertiary/aromatic N) is 2. The second kappa shape index (κ2) is 15.6. The van der Waals surface area contributed by atoms with Gasteiger partial charge in [-0.15, -0.1) is 0 Å². The van der Waals surface area contributed by atoms with Crippen molar-refractivity contribution in [2.24, 2.45) is 0 Å². The van der Waals surface area contributed by atoms with Crippen molar-refractivity contribution in [3.63, 3.8) is 0 Å². The van der Waals surface area contributed by atoms with Gasteiger partial charge in [0.2, 0.25) is 11.8 Å². The maximum absolute atomic E-state index is 13.5. The molecule has 0 fully saturated rings. The van der Waals surface area contributed by atoms with Gasteiger partial charge < -0.3 is 30.9 Å². The van der Waals surface area contributed by atoms with Gasteiger partial charge in [0.1, 0.15) is 29.5 Å². The van der Waals surface area contributed by atoms with Crippen molar-refractivity contribution in [3.8, 4) is 6.07 Å². The molecule has 4 amide bonds. The molecule has 0 unspecified atom stereocenters. The van der Waals surface area contributed by atoms with Crippen LogP contribution in [0.15, 0.2) is 64.7 Å². The predicted octanol–water partition coefficient (Wildman–Crippen LogP) is 2.64. The number of aryl methyl sites for hydroxylation is 2. The van der Waals surface area contributed by atoms with Crippen molar-refractivity contribution in [2.75, 3.05) is 0 Å². The molecule has 12 heteroatoms. The number of hydrogen-bond acceptors (Lipinski definition) is 8. The van der Waals surface area contributed by atoms with Crippen molar-refractivity contribution < 1.29 is 28.8 Å². The molecule has 3 rings (SSSR count). The van der Waals surface area contributed by atoms with E-state index < -0.39 is 47.4 Å². The zero-order valence-corrected chi connectivity index (χ0v) is 26.8. The van der Waals surface area contributed by atoms with Gasteiger partial charge in [0.05, 0.1) is 6.10 Å². The zero-order chi connectivity index (χ0) is 34.0. The van der Waals surface area contributed by atoms with Crippen LogP contribution in [0, 0.1) is 25.2 Å². The Kier molecular flexibility index (Phi) is 12.0. The number of rotatable bonds is 12. The summed E-state index contributed by atoms with van der Waals surface area (Å²) in [5.74, 6) is -2.16. The SMILES string of the molecule is Cc1ccc(CNC(=O)[C@H](Cc2cccc(C=C(C#N)C(=O)NC(C)(C)C)c2)NC(=O)[C@@H](NC(=O)c2cc(C)on2)[C@@H](C)O)cc1. The standard InChI is InChI=1S/C34H40N6O6/c1-20-10-12-23(13-11-20)19-36-31(43)27(37-33(45)29(22(3)41)38-32(44)28-14-21(2)46-40-28)17-25-9-7-8-24(15-25)16-26(18-35)30(42)39-34(4,5)6/h7-16,22,27,29,41H,17,19H2,1-6H3,(H,36,43)(H,37,45)(H,38,44)(H,39,42)/t22-,27+,29+/m1/s1. The van der Waals surface area contributed by atoms with Gasteiger partial charge in [-0.05, 0) is 64.3 Å². The number of benzene rings is 2. The molecule has 5 N–H and O–H groups in total. The average Bonchev–Trinajstić information content (AvgIpc) is 3.43. The lowest BCUT2D eigenvalue weighted by atomic mass is 10.0. The predicted molar refractivity (Wildman–Crippen MR) is 171 cm³/mol. The second-order valence-electron chi connectivity index (χ2n) is 12.1. The van der Waals surface area contributed by atoms with Gasteiger partial charge in [-0.1, -0.05) is 59.3 Å². The summed E-state index contributed by atoms with van der Waals surface area (Å²) >= 11 is 0. The normalized spacial score (nSPS) is 13.5. The van der Waals surface area contributed by atoms with Crippen molar-refractivity contribution in [3.05, 3.63) is 93.9 Å². The Morgan fingerprint density at radius 2 is 1.70 bits per heavy atom. The molecule has 2 aromatic carbocycles. The van der Waals surface area contributed by atoms with Crippen LogP contribution in [0.4, 0.5) is 0 Å². The van der Waals surface area contributed by atoms with Crippen LogP contribution >= 0.6 is 0 Å². The second-order valence-corrected chi connectivity index (χ2v) is 12.1. The fourth-order valence-electron chi connectivity index (χ4n) is 4.35. The third-order valence-electron chi connectivity index (χ3n) is 6.69. The number of nitrogens with one attached hydrogen (secondary N) is 4. The van der Waals surface area contributed by atoms with Gasteiger partial charge in [0, 0.05) is 24.6 Å². The van der Waals surface area contributed by atoms with E-state index in [1.54, 1.807) is 31.2 Å². The third kappa shape index (κ3) is 10.7. The summed E-state index contributed by atoms with van der Waals surface area (Å²) in [4.78, 5) is 52.2. The molecule has 0 radical (unpaired) electrons. The molecule has 0 aliphatic rings. The van der Waals surface area contributed by atoms with E-state index in [9.17, 15) is 29.5 Å². The van der Waals surface area contributed by atoms with Gasteiger partial charge in [-0.3, -0.25) is 19.2 Å². The van der Waals surface area contributed by atoms with Gasteiger partial charge in [0.15, 0.2) is 5.69 Å². The highest BCUT2D eigenvalue weighted by molar-refractivity contribution is 6.02. The number of carbonyl (C=O) groups excluding carboxylic acids is 4. The summed E-state index contributed by atoms with van der Waals surface area (Å²) in [6, 6.07) is 15.2. The van der Waals surface area contributed by atoms with E-state index in [0.29, 0.717) is 16.9 Å². The molecule has 0 spiro atoms. The number of aliphatic hydroxyl groups is 1. The number of hydrogen-bond donors (Lipinski definition) is 5. The Balaban J connectivity index is 1.85. The van der Waals surface area contributed by atoms with E-state index in [0.717, 1.165) is 11.1 Å². The van der Waals surface area contributed by atoms with Crippen LogP contribution in [0.2, 0.25) is 0 Å². The minimum atomic E-state index is -1.41. The smallest absolute Gasteiger partial charge is 0.274 e. The lowest BCUT2D eigenvalue weighted by Crippen LogP contribution is -2.57. The largest absolute Gasteiger partial charge is 0.391 e. The molecule has 242 valence electrons. The van der Waals surface area contributed by atoms with Crippen molar-refractivity contribution >= 4 is 29.7 Å². The number of aliphatic hydroxyl groups excluding tert-OH is 1. The van der Waals surface area contributed by atoms with Crippen LogP contribution in [-0.4, -0.2) is 57.6 Å². The van der Waals surface area contributed by atoms with Crippen molar-refractivity contribution in [1.29, 1.82) is 5.26 Å². The molecule has 46 heavy (non-hydrogen) atoms. The highest BCUT2D eigenvalue weighted by atomic mass is 16.5. The summed E-state index contributed by atoms with van der Waals surface area (Å²) in [7, 11) is 0. The molecule has 3 aromatic rings. The van der Waals surface area contributed by atoms with E-state index in [2.05, 4.69) is 26.4 Å². The molecular weight excluding hydrogens is 588 g/mol. The zero-order valence-electron chi connectivity index (χ0n) is 26.8. The van der Waals surface area contributed by atoms with Crippen molar-refractivity contribution in [2.45, 2.75) is 78.2 Å². The Morgan fingerprint density at radius 1 is 1.00 bits per heavy atom. The number of aromatic nitrogens is 1. The van der Waals surface area contributed by atoms with E-state index >= 15 is 0 Å². The molecule has 12 nitrogen and oxygen atoms in total. The third-order valence-corrected chi connectivity index (χ3v) is 6.69. The fraction of sp³-hybridized carbons (Fsp3) is 0.353. The molecule has 0 bridgehead atoms. The average molecular weight is 629 g/mol. The van der Waals surface area contributed by atoms with E-state index in [-0.39, 0.29) is 24.2 Å². The molecule has 0 saturated heterocycles. The minimum Gasteiger partial charge on any atom is -0.391 e. The first kappa shape index (κ1) is 35.2. The summed E-state index contributed by atoms with van der Waals surface area (Å²) < 4.78 is 4.92. The monoisotopic (exact) mass is 628 g/mol. The van der Waals surface area contributed by atoms with Gasteiger partial charge in [0.25, 0.3) is 11.8 Å². The highest BCUT2D eigenvalue weighted by Crippen LogP contribution is 2.14. The van der Waals surface area contributed by atoms with Crippen LogP contribution < -0.4 is 21.3 Å². The van der Waals surface area contributed by atoms with Gasteiger partial charge in [-0.2, -0.15) is 5.26 Å². The summed E-state index contributed by atoms with van der Waals surface area (Å²) in [6.45, 7) is 10.5. The van der Waals surface area contributed by atoms with E-state index in [1.807, 2.05) is 58.0 Å². The minimum absolute atomic E-state index is 0.0200. The number of amides is 4. The Morgan fingerprint density at radius 3 is 2.28 bits per heavy atom. The molecule has 0 aliphatic heterocycles. The van der Waals surface area contributed by atoms with Gasteiger partial charge >= 0.3 is 0 Å². The Hall–Kier alpha value is -5.28. The van der Waals surface area contributed by atoms with Crippen LogP contribution in [-0.2, 0) is 27.3 Å². The lowest BCUT2D eigenvalue weighted by molar-refractivity contribution is -0.131. The van der Waals surface area contributed by atoms with Crippen LogP contribution in [0.5, 0.6) is 0 Å². The summed E-state index contributed by atoms with van der Waals surface area (Å²) in [5.41, 5.74) is 2.38. The number of nitriles is 1. The first-order valence-electron chi connectivity index (χ1n) is 14.7. The molecule has 0 aliphatic carbocycles. The lowest BCUT2D eigenvalue weighted by Gasteiger charge is -2.24. The summed E-state index contributed by atoms with van der Waals surface area (Å²) in [5, 5.41) is 34.3. The highest BCUT2D eigenvalue weighted by Gasteiger charge is 2.31. The molecule has 1 aromatic heterocycles. The maximum Gasteiger partial charge on any atom is 0.274 e. The molecular formula is C34H40N6O6. The van der Waals surface area contributed by atoms with E-state index in [1.165, 1.54) is 19.1 Å². The van der Waals surface area contributed by atoms with Crippen molar-refractivity contribution in [1.82, 2.24) is 26.4 Å². The summed E-state index contributed by atoms with van der Waals surface area (Å²) in [6.07, 6.45) is 0.150. The van der Waals surface area contributed by atoms with Gasteiger partial charge in [-0.25, -0.2) is 0 Å². The van der Waals surface area contributed by atoms with Crippen LogP contribution in [0.1, 0.15) is 66.2 Å². The van der Waals surface area contributed by atoms with E-state index in [4.69, 9.17) is 4.52 Å². The Labute approximate surface area is 268 Å². The number of carbonyl (C=O) groups is 4. The first-order chi connectivity index (χ1) is 21.6. The molecule has 3 atom stereocenters. The first-order valence-corrected chi connectivity index (χ1v) is 14.7. The Bertz CT molecular complexity index is 1630. The molecule has 1 heterocycles. The quantitative estimate of drug-likeness (QED) is 0.150. The van der Waals surface area contributed by atoms with Crippen LogP contribution in [0.25, 0.3) is 6.08 Å². The maximum atomic E-state index is 13.5. The van der Waals surface area contributed by atoms with Crippen LogP contribution in [0.3, 0.4) is 0 Å². The fourth-order valence-corrected chi connectivity index (χ4v) is 4.35. The molecule has 0 saturated carbocycles. The topological polar surface area (TPSA) is 186 Å².